The second-order valence-corrected chi connectivity index (χ2v) is 11.7. The second-order valence-electron chi connectivity index (χ2n) is 11.7. The second kappa shape index (κ2) is 9.58. The van der Waals surface area contributed by atoms with Crippen molar-refractivity contribution in [3.05, 3.63) is 146 Å². The molecule has 0 aliphatic heterocycles. The molecule has 0 saturated carbocycles. The van der Waals surface area contributed by atoms with Crippen LogP contribution in [0.3, 0.4) is 0 Å². The Morgan fingerprint density at radius 3 is 1.61 bits per heavy atom. The molecule has 0 bridgehead atoms. The maximum absolute atomic E-state index is 6.25. The van der Waals surface area contributed by atoms with Crippen LogP contribution in [0, 0.1) is 0 Å². The van der Waals surface area contributed by atoms with Crippen LogP contribution in [0.25, 0.3) is 94.0 Å². The molecule has 10 rings (SSSR count). The molecule has 0 spiro atoms. The van der Waals surface area contributed by atoms with E-state index in [9.17, 15) is 0 Å². The highest BCUT2D eigenvalue weighted by Gasteiger charge is 2.20. The topological polar surface area (TPSA) is 56.7 Å². The number of hydrogen-bond donors (Lipinski definition) is 0. The van der Waals surface area contributed by atoms with Gasteiger partial charge in [0.2, 0.25) is 5.95 Å². The van der Waals surface area contributed by atoms with Crippen molar-refractivity contribution < 1.29 is 4.42 Å². The summed E-state index contributed by atoms with van der Waals surface area (Å²) in [5.74, 6) is 1.77. The number of nitrogens with zero attached hydrogens (tertiary/aromatic N) is 4. The number of hydrogen-bond acceptors (Lipinski definition) is 4. The standard InChI is InChI=1S/C41H24N4O/c1-2-10-25(11-3-1)39-42-40(30-18-19-32-31-16-8-9-17-37(31)46-38(32)24-30)44-41(43-39)45-35-22-28-14-6-4-12-26(28)20-33(35)34-21-27-13-5-7-15-29(27)23-36(34)45/h1-24H. The summed E-state index contributed by atoms with van der Waals surface area (Å²) in [6, 6.07) is 50.5. The Morgan fingerprint density at radius 2 is 0.935 bits per heavy atom. The number of benzene rings is 7. The zero-order valence-corrected chi connectivity index (χ0v) is 24.6. The van der Waals surface area contributed by atoms with E-state index in [0.717, 1.165) is 65.6 Å². The van der Waals surface area contributed by atoms with Crippen LogP contribution in [-0.2, 0) is 0 Å². The van der Waals surface area contributed by atoms with Crippen molar-refractivity contribution in [3.63, 3.8) is 0 Å². The first-order valence-corrected chi connectivity index (χ1v) is 15.4. The molecule has 0 amide bonds. The zero-order valence-electron chi connectivity index (χ0n) is 24.6. The highest BCUT2D eigenvalue weighted by molar-refractivity contribution is 6.16. The summed E-state index contributed by atoms with van der Waals surface area (Å²) < 4.78 is 8.45. The summed E-state index contributed by atoms with van der Waals surface area (Å²) in [7, 11) is 0. The quantitative estimate of drug-likeness (QED) is 0.206. The van der Waals surface area contributed by atoms with Crippen molar-refractivity contribution in [1.82, 2.24) is 19.5 Å². The molecule has 0 unspecified atom stereocenters. The molecule has 0 atom stereocenters. The van der Waals surface area contributed by atoms with Gasteiger partial charge in [0.05, 0.1) is 11.0 Å². The fourth-order valence-corrected chi connectivity index (χ4v) is 6.78. The van der Waals surface area contributed by atoms with E-state index in [-0.39, 0.29) is 0 Å². The predicted molar refractivity (Wildman–Crippen MR) is 187 cm³/mol. The summed E-state index contributed by atoms with van der Waals surface area (Å²) in [4.78, 5) is 15.4. The molecular formula is C41H24N4O. The lowest BCUT2D eigenvalue weighted by atomic mass is 10.0. The van der Waals surface area contributed by atoms with Gasteiger partial charge < -0.3 is 4.42 Å². The third-order valence-corrected chi connectivity index (χ3v) is 8.99. The van der Waals surface area contributed by atoms with Gasteiger partial charge in [0.25, 0.3) is 0 Å². The first-order chi connectivity index (χ1) is 22.8. The van der Waals surface area contributed by atoms with Gasteiger partial charge in [0.15, 0.2) is 11.6 Å². The van der Waals surface area contributed by atoms with E-state index in [1.165, 1.54) is 10.8 Å². The van der Waals surface area contributed by atoms with Crippen molar-refractivity contribution >= 4 is 65.3 Å². The van der Waals surface area contributed by atoms with Crippen LogP contribution in [0.1, 0.15) is 0 Å². The van der Waals surface area contributed by atoms with Gasteiger partial charge >= 0.3 is 0 Å². The van der Waals surface area contributed by atoms with Crippen LogP contribution >= 0.6 is 0 Å². The van der Waals surface area contributed by atoms with Crippen molar-refractivity contribution in [1.29, 1.82) is 0 Å². The fraction of sp³-hybridized carbons (Fsp3) is 0. The maximum atomic E-state index is 6.25. The van der Waals surface area contributed by atoms with Crippen LogP contribution in [0.5, 0.6) is 0 Å². The van der Waals surface area contributed by atoms with E-state index in [1.807, 2.05) is 54.6 Å². The smallest absolute Gasteiger partial charge is 0.238 e. The molecule has 0 fully saturated rings. The number of rotatable bonds is 3. The molecule has 0 N–H and O–H groups in total. The molecule has 5 nitrogen and oxygen atoms in total. The third kappa shape index (κ3) is 3.79. The normalized spacial score (nSPS) is 11.9. The zero-order chi connectivity index (χ0) is 30.2. The molecule has 7 aromatic carbocycles. The van der Waals surface area contributed by atoms with E-state index < -0.39 is 0 Å². The SMILES string of the molecule is c1ccc(-c2nc(-c3ccc4c(c3)oc3ccccc34)nc(-n3c4cc5ccccc5cc4c4cc5ccccc5cc43)n2)cc1. The molecule has 0 saturated heterocycles. The largest absolute Gasteiger partial charge is 0.456 e. The van der Waals surface area contributed by atoms with E-state index in [4.69, 9.17) is 19.4 Å². The van der Waals surface area contributed by atoms with E-state index >= 15 is 0 Å². The van der Waals surface area contributed by atoms with Crippen molar-refractivity contribution in [3.8, 4) is 28.7 Å². The van der Waals surface area contributed by atoms with Gasteiger partial charge in [-0.15, -0.1) is 0 Å². The highest BCUT2D eigenvalue weighted by atomic mass is 16.3. The first-order valence-electron chi connectivity index (χ1n) is 15.4. The minimum absolute atomic E-state index is 0.569. The molecule has 214 valence electrons. The summed E-state index contributed by atoms with van der Waals surface area (Å²) in [6.07, 6.45) is 0. The summed E-state index contributed by atoms with van der Waals surface area (Å²) >= 11 is 0. The Morgan fingerprint density at radius 1 is 0.391 bits per heavy atom. The van der Waals surface area contributed by atoms with Gasteiger partial charge in [-0.3, -0.25) is 4.57 Å². The van der Waals surface area contributed by atoms with Crippen LogP contribution in [0.2, 0.25) is 0 Å². The minimum Gasteiger partial charge on any atom is -0.456 e. The highest BCUT2D eigenvalue weighted by Crippen LogP contribution is 2.37. The molecule has 0 aliphatic rings. The lowest BCUT2D eigenvalue weighted by Gasteiger charge is -2.11. The molecule has 3 heterocycles. The molecule has 3 aromatic heterocycles. The van der Waals surface area contributed by atoms with E-state index in [1.54, 1.807) is 0 Å². The molecular weight excluding hydrogens is 564 g/mol. The third-order valence-electron chi connectivity index (χ3n) is 8.99. The summed E-state index contributed by atoms with van der Waals surface area (Å²) in [6.45, 7) is 0. The number of aromatic nitrogens is 4. The Balaban J connectivity index is 1.30. The monoisotopic (exact) mass is 588 g/mol. The fourth-order valence-electron chi connectivity index (χ4n) is 6.78. The number of furan rings is 1. The Bertz CT molecular complexity index is 2720. The Labute approximate surface area is 263 Å². The lowest BCUT2D eigenvalue weighted by molar-refractivity contribution is 0.669. The van der Waals surface area contributed by atoms with Gasteiger partial charge in [-0.1, -0.05) is 103 Å². The first kappa shape index (κ1) is 25.0. The van der Waals surface area contributed by atoms with Crippen LogP contribution < -0.4 is 0 Å². The average molecular weight is 589 g/mol. The average Bonchev–Trinajstić information content (AvgIpc) is 3.64. The summed E-state index contributed by atoms with van der Waals surface area (Å²) in [5.41, 5.74) is 5.55. The Hall–Kier alpha value is -6.33. The lowest BCUT2D eigenvalue weighted by Crippen LogP contribution is -2.06. The van der Waals surface area contributed by atoms with E-state index in [2.05, 4.69) is 95.6 Å². The minimum atomic E-state index is 0.569. The molecule has 0 radical (unpaired) electrons. The maximum Gasteiger partial charge on any atom is 0.238 e. The van der Waals surface area contributed by atoms with Gasteiger partial charge in [-0.2, -0.15) is 9.97 Å². The van der Waals surface area contributed by atoms with Crippen molar-refractivity contribution in [2.75, 3.05) is 0 Å². The van der Waals surface area contributed by atoms with Gasteiger partial charge in [0, 0.05) is 32.7 Å². The van der Waals surface area contributed by atoms with Crippen molar-refractivity contribution in [2.24, 2.45) is 0 Å². The van der Waals surface area contributed by atoms with Crippen LogP contribution in [0.15, 0.2) is 150 Å². The van der Waals surface area contributed by atoms with Crippen LogP contribution in [-0.4, -0.2) is 19.5 Å². The Kier molecular flexibility index (Phi) is 5.22. The molecule has 46 heavy (non-hydrogen) atoms. The molecule has 10 aromatic rings. The van der Waals surface area contributed by atoms with Gasteiger partial charge in [-0.05, 0) is 64.0 Å². The molecule has 5 heteroatoms. The number of fused-ring (bicyclic) bond motifs is 8. The predicted octanol–water partition coefficient (Wildman–Crippen LogP) is 10.5. The molecule has 0 aliphatic carbocycles. The summed E-state index contributed by atoms with van der Waals surface area (Å²) in [5, 5.41) is 9.20. The van der Waals surface area contributed by atoms with E-state index in [0.29, 0.717) is 17.6 Å². The van der Waals surface area contributed by atoms with Gasteiger partial charge in [0.1, 0.15) is 11.2 Å². The van der Waals surface area contributed by atoms with Gasteiger partial charge in [-0.25, -0.2) is 4.98 Å². The number of para-hydroxylation sites is 1. The van der Waals surface area contributed by atoms with Crippen molar-refractivity contribution in [2.45, 2.75) is 0 Å². The van der Waals surface area contributed by atoms with Crippen LogP contribution in [0.4, 0.5) is 0 Å².